The lowest BCUT2D eigenvalue weighted by molar-refractivity contribution is 0.338. The number of aromatic amines is 1. The van der Waals surface area contributed by atoms with Gasteiger partial charge >= 0.3 is 0 Å². The maximum Gasteiger partial charge on any atom is 0.156 e. The first-order chi connectivity index (χ1) is 8.36. The lowest BCUT2D eigenvalue weighted by Crippen LogP contribution is -2.10. The smallest absolute Gasteiger partial charge is 0.156 e. The molecule has 4 nitrogen and oxygen atoms in total. The highest BCUT2D eigenvalue weighted by Crippen LogP contribution is 2.28. The first kappa shape index (κ1) is 16.5. The van der Waals surface area contributed by atoms with Gasteiger partial charge in [0.25, 0.3) is 0 Å². The van der Waals surface area contributed by atoms with Gasteiger partial charge in [-0.25, -0.2) is 0 Å². The fourth-order valence-electron chi connectivity index (χ4n) is 1.77. The SMILES string of the molecule is C.CC.CNCCc1c[nH]c2cccc(ON)c12. The Morgan fingerprint density at radius 3 is 2.67 bits per heavy atom. The number of aromatic nitrogens is 1. The van der Waals surface area contributed by atoms with E-state index in [-0.39, 0.29) is 7.43 Å². The average molecular weight is 251 g/mol. The third-order valence-electron chi connectivity index (χ3n) is 2.52. The summed E-state index contributed by atoms with van der Waals surface area (Å²) >= 11 is 0. The van der Waals surface area contributed by atoms with E-state index in [0.29, 0.717) is 0 Å². The van der Waals surface area contributed by atoms with Gasteiger partial charge in [-0.2, -0.15) is 5.90 Å². The van der Waals surface area contributed by atoms with Crippen LogP contribution in [0.5, 0.6) is 5.75 Å². The van der Waals surface area contributed by atoms with Crippen LogP contribution in [0.3, 0.4) is 0 Å². The third-order valence-corrected chi connectivity index (χ3v) is 2.52. The summed E-state index contributed by atoms with van der Waals surface area (Å²) in [6, 6.07) is 5.81. The highest BCUT2D eigenvalue weighted by molar-refractivity contribution is 5.89. The van der Waals surface area contributed by atoms with Crippen molar-refractivity contribution in [1.29, 1.82) is 0 Å². The molecular weight excluding hydrogens is 226 g/mol. The molecule has 0 amide bonds. The largest absolute Gasteiger partial charge is 0.411 e. The van der Waals surface area contributed by atoms with Crippen LogP contribution in [0.2, 0.25) is 0 Å². The molecule has 0 saturated heterocycles. The van der Waals surface area contributed by atoms with E-state index in [1.807, 2.05) is 45.3 Å². The first-order valence-corrected chi connectivity index (χ1v) is 5.97. The molecule has 0 bridgehead atoms. The molecule has 0 radical (unpaired) electrons. The molecule has 18 heavy (non-hydrogen) atoms. The molecule has 4 heteroatoms. The second-order valence-corrected chi connectivity index (χ2v) is 3.46. The Morgan fingerprint density at radius 2 is 2.06 bits per heavy atom. The van der Waals surface area contributed by atoms with Crippen molar-refractivity contribution in [3.05, 3.63) is 30.0 Å². The first-order valence-electron chi connectivity index (χ1n) is 5.97. The summed E-state index contributed by atoms with van der Waals surface area (Å²) in [5, 5.41) is 4.20. The van der Waals surface area contributed by atoms with Gasteiger partial charge < -0.3 is 15.1 Å². The Hall–Kier alpha value is -1.52. The van der Waals surface area contributed by atoms with E-state index >= 15 is 0 Å². The van der Waals surface area contributed by atoms with Crippen molar-refractivity contribution >= 4 is 10.9 Å². The zero-order valence-corrected chi connectivity index (χ0v) is 10.7. The molecule has 2 rings (SSSR count). The number of benzene rings is 1. The zero-order valence-electron chi connectivity index (χ0n) is 10.7. The highest BCUT2D eigenvalue weighted by Gasteiger charge is 2.08. The van der Waals surface area contributed by atoms with E-state index < -0.39 is 0 Å². The van der Waals surface area contributed by atoms with Crippen molar-refractivity contribution in [3.8, 4) is 5.75 Å². The number of fused-ring (bicyclic) bond motifs is 1. The zero-order chi connectivity index (χ0) is 12.7. The number of hydrogen-bond donors (Lipinski definition) is 3. The van der Waals surface area contributed by atoms with Crippen LogP contribution in [0.1, 0.15) is 26.8 Å². The monoisotopic (exact) mass is 251 g/mol. The molecule has 1 heterocycles. The van der Waals surface area contributed by atoms with Gasteiger partial charge in [-0.15, -0.1) is 0 Å². The molecule has 2 aromatic rings. The lowest BCUT2D eigenvalue weighted by Gasteiger charge is -2.03. The van der Waals surface area contributed by atoms with Gasteiger partial charge in [-0.05, 0) is 37.7 Å². The molecule has 0 fully saturated rings. The molecule has 0 aliphatic carbocycles. The van der Waals surface area contributed by atoms with Crippen LogP contribution in [0, 0.1) is 0 Å². The summed E-state index contributed by atoms with van der Waals surface area (Å²) in [5.74, 6) is 5.97. The Labute approximate surface area is 109 Å². The van der Waals surface area contributed by atoms with Gasteiger partial charge in [0.15, 0.2) is 5.75 Å². The summed E-state index contributed by atoms with van der Waals surface area (Å²) in [5.41, 5.74) is 2.28. The summed E-state index contributed by atoms with van der Waals surface area (Å²) < 4.78 is 0. The Bertz CT molecular complexity index is 451. The van der Waals surface area contributed by atoms with Gasteiger partial charge in [0.1, 0.15) is 0 Å². The standard InChI is InChI=1S/C11H15N3O.C2H6.CH4/c1-13-6-5-8-7-14-9-3-2-4-10(15-12)11(8)9;1-2;/h2-4,7,13-14H,5-6,12H2,1H3;1-2H3;1H4. The molecule has 0 aliphatic heterocycles. The summed E-state index contributed by atoms with van der Waals surface area (Å²) in [4.78, 5) is 8.07. The Kier molecular flexibility index (Phi) is 7.83. The fourth-order valence-corrected chi connectivity index (χ4v) is 1.77. The van der Waals surface area contributed by atoms with Crippen LogP contribution >= 0.6 is 0 Å². The third kappa shape index (κ3) is 3.48. The average Bonchev–Trinajstić information content (AvgIpc) is 2.82. The minimum absolute atomic E-state index is 0. The van der Waals surface area contributed by atoms with Crippen LogP contribution in [0.25, 0.3) is 10.9 Å². The molecule has 0 aliphatic rings. The quantitative estimate of drug-likeness (QED) is 0.732. The number of H-pyrrole nitrogens is 1. The minimum Gasteiger partial charge on any atom is -0.411 e. The van der Waals surface area contributed by atoms with Gasteiger partial charge in [0.2, 0.25) is 0 Å². The van der Waals surface area contributed by atoms with Crippen LogP contribution in [0.15, 0.2) is 24.4 Å². The van der Waals surface area contributed by atoms with Gasteiger partial charge in [0.05, 0.1) is 0 Å². The van der Waals surface area contributed by atoms with Crippen molar-refractivity contribution in [2.24, 2.45) is 5.90 Å². The Balaban J connectivity index is 0.000000917. The predicted molar refractivity (Wildman–Crippen MR) is 78.8 cm³/mol. The van der Waals surface area contributed by atoms with Crippen molar-refractivity contribution in [2.75, 3.05) is 13.6 Å². The van der Waals surface area contributed by atoms with Gasteiger partial charge in [-0.1, -0.05) is 27.3 Å². The number of nitrogens with two attached hydrogens (primary N) is 1. The van der Waals surface area contributed by atoms with E-state index in [1.165, 1.54) is 5.56 Å². The van der Waals surface area contributed by atoms with E-state index in [0.717, 1.165) is 29.6 Å². The summed E-state index contributed by atoms with van der Waals surface area (Å²) in [6.45, 7) is 4.94. The van der Waals surface area contributed by atoms with E-state index in [4.69, 9.17) is 10.7 Å². The van der Waals surface area contributed by atoms with E-state index in [2.05, 4.69) is 10.3 Å². The van der Waals surface area contributed by atoms with Crippen molar-refractivity contribution < 1.29 is 4.84 Å². The molecule has 102 valence electrons. The van der Waals surface area contributed by atoms with Gasteiger partial charge in [-0.3, -0.25) is 0 Å². The molecule has 0 unspecified atom stereocenters. The molecule has 4 N–H and O–H groups in total. The Morgan fingerprint density at radius 1 is 1.33 bits per heavy atom. The lowest BCUT2D eigenvalue weighted by atomic mass is 10.1. The van der Waals surface area contributed by atoms with Crippen molar-refractivity contribution in [3.63, 3.8) is 0 Å². The van der Waals surface area contributed by atoms with E-state index in [1.54, 1.807) is 0 Å². The van der Waals surface area contributed by atoms with E-state index in [9.17, 15) is 0 Å². The summed E-state index contributed by atoms with van der Waals surface area (Å²) in [6.07, 6.45) is 2.96. The molecule has 0 atom stereocenters. The van der Waals surface area contributed by atoms with Crippen molar-refractivity contribution in [1.82, 2.24) is 10.3 Å². The predicted octanol–water partition coefficient (Wildman–Crippen LogP) is 2.84. The number of rotatable bonds is 4. The topological polar surface area (TPSA) is 63.1 Å². The maximum atomic E-state index is 5.24. The molecule has 1 aromatic carbocycles. The maximum absolute atomic E-state index is 5.24. The fraction of sp³-hybridized carbons (Fsp3) is 0.429. The molecule has 0 spiro atoms. The normalized spacial score (nSPS) is 9.33. The second-order valence-electron chi connectivity index (χ2n) is 3.46. The number of hydrogen-bond acceptors (Lipinski definition) is 3. The number of likely N-dealkylation sites (N-methyl/N-ethyl adjacent to an activating group) is 1. The second kappa shape index (κ2) is 8.55. The van der Waals surface area contributed by atoms with Crippen LogP contribution in [0.4, 0.5) is 0 Å². The van der Waals surface area contributed by atoms with Crippen LogP contribution < -0.4 is 16.1 Å². The van der Waals surface area contributed by atoms with Gasteiger partial charge in [0, 0.05) is 17.1 Å². The molecule has 0 saturated carbocycles. The number of nitrogens with one attached hydrogen (secondary N) is 2. The van der Waals surface area contributed by atoms with Crippen LogP contribution in [-0.2, 0) is 6.42 Å². The minimum atomic E-state index is 0. The highest BCUT2D eigenvalue weighted by atomic mass is 16.6. The van der Waals surface area contributed by atoms with Crippen molar-refractivity contribution in [2.45, 2.75) is 27.7 Å². The molecule has 1 aromatic heterocycles. The van der Waals surface area contributed by atoms with Crippen LogP contribution in [-0.4, -0.2) is 18.6 Å². The molecular formula is C14H25N3O. The summed E-state index contributed by atoms with van der Waals surface area (Å²) in [7, 11) is 1.94.